The summed E-state index contributed by atoms with van der Waals surface area (Å²) >= 11 is 6.52. The van der Waals surface area contributed by atoms with Gasteiger partial charge in [0.15, 0.2) is 6.29 Å². The van der Waals surface area contributed by atoms with E-state index in [1.807, 2.05) is 36.5 Å². The van der Waals surface area contributed by atoms with Crippen molar-refractivity contribution in [3.8, 4) is 17.0 Å². The summed E-state index contributed by atoms with van der Waals surface area (Å²) in [6.07, 6.45) is 23.9. The standard InChI is InChI=1S/C35H54ClNO3/c1-3-5-7-9-11-12-13-14-15-17-19-29-27-39-35(40-28-29)31-20-22-33(37-26-31)30-21-23-34(32(36)25-30)38-24-18-16-10-8-6-4-2/h20-23,25-26,29,35H,3-19,24,27-28H2,1-2H3/t29-,35-. The zero-order valence-electron chi connectivity index (χ0n) is 25.3. The minimum atomic E-state index is -0.327. The van der Waals surface area contributed by atoms with Crippen LogP contribution in [0, 0.1) is 5.92 Å². The maximum Gasteiger partial charge on any atom is 0.185 e. The van der Waals surface area contributed by atoms with E-state index in [0.29, 0.717) is 17.5 Å². The third-order valence-electron chi connectivity index (χ3n) is 7.97. The van der Waals surface area contributed by atoms with E-state index in [1.54, 1.807) is 0 Å². The van der Waals surface area contributed by atoms with Crippen LogP contribution >= 0.6 is 11.6 Å². The van der Waals surface area contributed by atoms with Crippen LogP contribution in [-0.4, -0.2) is 24.8 Å². The Morgan fingerprint density at radius 3 is 1.93 bits per heavy atom. The van der Waals surface area contributed by atoms with Crippen molar-refractivity contribution in [3.05, 3.63) is 47.1 Å². The minimum absolute atomic E-state index is 0.327. The molecule has 5 heteroatoms. The van der Waals surface area contributed by atoms with Gasteiger partial charge in [0.2, 0.25) is 0 Å². The molecule has 1 fully saturated rings. The van der Waals surface area contributed by atoms with Crippen molar-refractivity contribution in [3.63, 3.8) is 0 Å². The van der Waals surface area contributed by atoms with E-state index in [2.05, 4.69) is 18.8 Å². The Hall–Kier alpha value is -1.62. The average molecular weight is 572 g/mol. The lowest BCUT2D eigenvalue weighted by Crippen LogP contribution is -2.27. The number of pyridine rings is 1. The second-order valence-electron chi connectivity index (χ2n) is 11.6. The lowest BCUT2D eigenvalue weighted by Gasteiger charge is -2.29. The predicted molar refractivity (Wildman–Crippen MR) is 168 cm³/mol. The Labute approximate surface area is 249 Å². The van der Waals surface area contributed by atoms with Crippen molar-refractivity contribution in [2.75, 3.05) is 19.8 Å². The van der Waals surface area contributed by atoms with Crippen LogP contribution in [0.25, 0.3) is 11.3 Å². The number of rotatable bonds is 21. The van der Waals surface area contributed by atoms with Crippen molar-refractivity contribution >= 4 is 11.6 Å². The second kappa shape index (κ2) is 20.3. The SMILES string of the molecule is CCCCCCCCCCCC[C@H]1CO[C@H](c2ccc(-c3ccc(OCCCCCCCC)c(Cl)c3)nc2)OC1. The first-order valence-electron chi connectivity index (χ1n) is 16.3. The lowest BCUT2D eigenvalue weighted by molar-refractivity contribution is -0.206. The van der Waals surface area contributed by atoms with E-state index in [9.17, 15) is 0 Å². The number of hydrogen-bond acceptors (Lipinski definition) is 4. The van der Waals surface area contributed by atoms with Crippen LogP contribution in [0.4, 0.5) is 0 Å². The Balaban J connectivity index is 1.31. The highest BCUT2D eigenvalue weighted by Gasteiger charge is 2.23. The van der Waals surface area contributed by atoms with Gasteiger partial charge in [0.25, 0.3) is 0 Å². The number of benzene rings is 1. The molecule has 0 radical (unpaired) electrons. The first kappa shape index (κ1) is 32.9. The van der Waals surface area contributed by atoms with Crippen LogP contribution in [0.15, 0.2) is 36.5 Å². The number of aromatic nitrogens is 1. The molecule has 1 aliphatic rings. The number of halogens is 1. The van der Waals surface area contributed by atoms with Gasteiger partial charge < -0.3 is 14.2 Å². The number of hydrogen-bond donors (Lipinski definition) is 0. The molecule has 2 aromatic rings. The molecule has 1 aromatic heterocycles. The maximum atomic E-state index is 6.52. The summed E-state index contributed by atoms with van der Waals surface area (Å²) in [6, 6.07) is 9.97. The molecule has 4 nitrogen and oxygen atoms in total. The zero-order valence-corrected chi connectivity index (χ0v) is 26.1. The van der Waals surface area contributed by atoms with Gasteiger partial charge >= 0.3 is 0 Å². The van der Waals surface area contributed by atoms with Gasteiger partial charge in [0.1, 0.15) is 5.75 Å². The van der Waals surface area contributed by atoms with Gasteiger partial charge in [-0.05, 0) is 37.1 Å². The van der Waals surface area contributed by atoms with Gasteiger partial charge in [-0.25, -0.2) is 0 Å². The minimum Gasteiger partial charge on any atom is -0.492 e. The Morgan fingerprint density at radius 1 is 0.750 bits per heavy atom. The molecule has 0 unspecified atom stereocenters. The highest BCUT2D eigenvalue weighted by Crippen LogP contribution is 2.32. The second-order valence-corrected chi connectivity index (χ2v) is 12.0. The maximum absolute atomic E-state index is 6.52. The van der Waals surface area contributed by atoms with Gasteiger partial charge in [-0.1, -0.05) is 128 Å². The molecule has 0 bridgehead atoms. The first-order chi connectivity index (χ1) is 19.7. The summed E-state index contributed by atoms with van der Waals surface area (Å²) in [7, 11) is 0. The Kier molecular flexibility index (Phi) is 16.7. The van der Waals surface area contributed by atoms with Crippen LogP contribution < -0.4 is 4.74 Å². The van der Waals surface area contributed by atoms with Gasteiger partial charge in [0.05, 0.1) is 30.5 Å². The molecule has 0 spiro atoms. The van der Waals surface area contributed by atoms with E-state index in [0.717, 1.165) is 42.2 Å². The van der Waals surface area contributed by atoms with Crippen LogP contribution in [0.5, 0.6) is 5.75 Å². The molecule has 1 aromatic carbocycles. The quantitative estimate of drug-likeness (QED) is 0.140. The fourth-order valence-electron chi connectivity index (χ4n) is 5.38. The van der Waals surface area contributed by atoms with E-state index in [1.165, 1.54) is 103 Å². The molecule has 0 N–H and O–H groups in total. The first-order valence-corrected chi connectivity index (χ1v) is 16.7. The molecular formula is C35H54ClNO3. The molecule has 0 saturated carbocycles. The van der Waals surface area contributed by atoms with Gasteiger partial charge in [-0.3, -0.25) is 4.98 Å². The summed E-state index contributed by atoms with van der Waals surface area (Å²) in [4.78, 5) is 4.67. The average Bonchev–Trinajstić information content (AvgIpc) is 2.99. The summed E-state index contributed by atoms with van der Waals surface area (Å²) in [5.74, 6) is 1.24. The molecular weight excluding hydrogens is 518 g/mol. The third-order valence-corrected chi connectivity index (χ3v) is 8.27. The molecule has 40 heavy (non-hydrogen) atoms. The molecule has 0 amide bonds. The normalized spacial score (nSPS) is 17.3. The topological polar surface area (TPSA) is 40.6 Å². The van der Waals surface area contributed by atoms with Gasteiger partial charge in [-0.15, -0.1) is 0 Å². The Bertz CT molecular complexity index is 911. The van der Waals surface area contributed by atoms with Crippen LogP contribution in [0.1, 0.15) is 135 Å². The number of unbranched alkanes of at least 4 members (excludes halogenated alkanes) is 14. The van der Waals surface area contributed by atoms with E-state index in [-0.39, 0.29) is 6.29 Å². The van der Waals surface area contributed by atoms with Crippen molar-refractivity contribution in [2.45, 2.75) is 129 Å². The van der Waals surface area contributed by atoms with Crippen molar-refractivity contribution in [2.24, 2.45) is 5.92 Å². The molecule has 2 heterocycles. The lowest BCUT2D eigenvalue weighted by atomic mass is 10.0. The zero-order chi connectivity index (χ0) is 28.3. The monoisotopic (exact) mass is 571 g/mol. The fourth-order valence-corrected chi connectivity index (χ4v) is 5.62. The largest absolute Gasteiger partial charge is 0.492 e. The van der Waals surface area contributed by atoms with E-state index < -0.39 is 0 Å². The number of ether oxygens (including phenoxy) is 3. The highest BCUT2D eigenvalue weighted by atomic mass is 35.5. The van der Waals surface area contributed by atoms with Gasteiger partial charge in [0, 0.05) is 23.2 Å². The van der Waals surface area contributed by atoms with Crippen molar-refractivity contribution in [1.29, 1.82) is 0 Å². The molecule has 1 aliphatic heterocycles. The molecule has 0 aliphatic carbocycles. The highest BCUT2D eigenvalue weighted by molar-refractivity contribution is 6.32. The van der Waals surface area contributed by atoms with Crippen LogP contribution in [-0.2, 0) is 9.47 Å². The van der Waals surface area contributed by atoms with Crippen LogP contribution in [0.2, 0.25) is 5.02 Å². The molecule has 0 atom stereocenters. The van der Waals surface area contributed by atoms with Crippen LogP contribution in [0.3, 0.4) is 0 Å². The summed E-state index contributed by atoms with van der Waals surface area (Å²) < 4.78 is 18.1. The van der Waals surface area contributed by atoms with E-state index >= 15 is 0 Å². The van der Waals surface area contributed by atoms with Crippen molar-refractivity contribution < 1.29 is 14.2 Å². The van der Waals surface area contributed by atoms with E-state index in [4.69, 9.17) is 25.8 Å². The third kappa shape index (κ3) is 12.5. The molecule has 3 rings (SSSR count). The molecule has 1 saturated heterocycles. The Morgan fingerprint density at radius 2 is 1.35 bits per heavy atom. The smallest absolute Gasteiger partial charge is 0.185 e. The fraction of sp³-hybridized carbons (Fsp3) is 0.686. The van der Waals surface area contributed by atoms with Gasteiger partial charge in [-0.2, -0.15) is 0 Å². The summed E-state index contributed by atoms with van der Waals surface area (Å²) in [6.45, 7) is 6.76. The number of nitrogens with zero attached hydrogens (tertiary/aromatic N) is 1. The summed E-state index contributed by atoms with van der Waals surface area (Å²) in [5, 5.41) is 0.627. The molecule has 224 valence electrons. The predicted octanol–water partition coefficient (Wildman–Crippen LogP) is 11.1. The summed E-state index contributed by atoms with van der Waals surface area (Å²) in [5.41, 5.74) is 2.82. The van der Waals surface area contributed by atoms with Crippen molar-refractivity contribution in [1.82, 2.24) is 4.98 Å².